The smallest absolute Gasteiger partial charge is 0.216 e. The molecule has 0 saturated carbocycles. The van der Waals surface area contributed by atoms with E-state index in [0.29, 0.717) is 33.0 Å². The van der Waals surface area contributed by atoms with Gasteiger partial charge in [-0.05, 0) is 13.3 Å². The molecule has 0 aromatic rings. The summed E-state index contributed by atoms with van der Waals surface area (Å²) < 4.78 is 10.5. The Balaban J connectivity index is 2.99. The normalized spacial score (nSPS) is 10.0. The minimum Gasteiger partial charge on any atom is -0.379 e. The van der Waals surface area contributed by atoms with Gasteiger partial charge in [-0.15, -0.1) is 6.58 Å². The molecule has 4 nitrogen and oxygen atoms in total. The molecule has 0 aromatic heterocycles. The molecule has 0 unspecified atom stereocenters. The molecule has 1 amide bonds. The molecule has 0 aliphatic carbocycles. The maximum Gasteiger partial charge on any atom is 0.216 e. The van der Waals surface area contributed by atoms with Crippen molar-refractivity contribution in [3.8, 4) is 0 Å². The van der Waals surface area contributed by atoms with Crippen molar-refractivity contribution in [2.45, 2.75) is 20.3 Å². The molecule has 4 heteroatoms. The van der Waals surface area contributed by atoms with E-state index in [1.807, 2.05) is 6.92 Å². The molecule has 15 heavy (non-hydrogen) atoms. The Labute approximate surface area is 91.6 Å². The first-order valence-corrected chi connectivity index (χ1v) is 5.17. The molecule has 0 aromatic carbocycles. The Kier molecular flexibility index (Phi) is 9.11. The maximum absolute atomic E-state index is 10.5. The van der Waals surface area contributed by atoms with Gasteiger partial charge in [0, 0.05) is 13.5 Å². The minimum atomic E-state index is -0.0312. The van der Waals surface area contributed by atoms with Crippen LogP contribution in [0.4, 0.5) is 0 Å². The van der Waals surface area contributed by atoms with Gasteiger partial charge >= 0.3 is 0 Å². The first-order chi connectivity index (χ1) is 7.13. The van der Waals surface area contributed by atoms with Gasteiger partial charge in [0.1, 0.15) is 0 Å². The van der Waals surface area contributed by atoms with Crippen LogP contribution in [-0.2, 0) is 14.3 Å². The molecular formula is C11H21NO3. The predicted octanol–water partition coefficient (Wildman–Crippen LogP) is 1.12. The molecule has 0 aliphatic rings. The Morgan fingerprint density at radius 2 is 1.73 bits per heavy atom. The van der Waals surface area contributed by atoms with E-state index in [1.165, 1.54) is 6.92 Å². The van der Waals surface area contributed by atoms with Crippen LogP contribution < -0.4 is 5.32 Å². The molecule has 0 saturated heterocycles. The Morgan fingerprint density at radius 3 is 2.27 bits per heavy atom. The van der Waals surface area contributed by atoms with Crippen LogP contribution in [-0.4, -0.2) is 38.9 Å². The predicted molar refractivity (Wildman–Crippen MR) is 59.8 cm³/mol. The molecule has 0 spiro atoms. The summed E-state index contributed by atoms with van der Waals surface area (Å²) in [5.74, 6) is -0.0312. The van der Waals surface area contributed by atoms with E-state index in [9.17, 15) is 4.79 Å². The number of nitrogens with one attached hydrogen (secondary N) is 1. The maximum atomic E-state index is 10.5. The highest BCUT2D eigenvalue weighted by atomic mass is 16.5. The third kappa shape index (κ3) is 13.1. The molecule has 0 fully saturated rings. The molecule has 0 rings (SSSR count). The second kappa shape index (κ2) is 9.68. The number of carbonyl (C=O) groups excluding carboxylic acids is 1. The second-order valence-corrected chi connectivity index (χ2v) is 3.41. The Hall–Kier alpha value is -0.870. The van der Waals surface area contributed by atoms with Crippen molar-refractivity contribution in [1.82, 2.24) is 5.32 Å². The van der Waals surface area contributed by atoms with E-state index in [2.05, 4.69) is 11.9 Å². The van der Waals surface area contributed by atoms with Crippen molar-refractivity contribution < 1.29 is 14.3 Å². The molecule has 0 heterocycles. The van der Waals surface area contributed by atoms with Crippen molar-refractivity contribution in [3.63, 3.8) is 0 Å². The summed E-state index contributed by atoms with van der Waals surface area (Å²) in [5, 5.41) is 2.65. The van der Waals surface area contributed by atoms with Gasteiger partial charge in [0.25, 0.3) is 0 Å². The van der Waals surface area contributed by atoms with Crippen LogP contribution in [0.15, 0.2) is 12.2 Å². The fourth-order valence-electron chi connectivity index (χ4n) is 0.868. The van der Waals surface area contributed by atoms with Crippen LogP contribution in [0.2, 0.25) is 0 Å². The lowest BCUT2D eigenvalue weighted by Gasteiger charge is -2.06. The third-order valence-electron chi connectivity index (χ3n) is 1.67. The van der Waals surface area contributed by atoms with Gasteiger partial charge in [-0.3, -0.25) is 4.79 Å². The molecule has 0 aliphatic heterocycles. The lowest BCUT2D eigenvalue weighted by molar-refractivity contribution is -0.119. The van der Waals surface area contributed by atoms with Crippen molar-refractivity contribution >= 4 is 5.91 Å². The number of rotatable bonds is 9. The molecule has 0 radical (unpaired) electrons. The zero-order chi connectivity index (χ0) is 11.5. The summed E-state index contributed by atoms with van der Waals surface area (Å²) in [6.45, 7) is 10.2. The highest BCUT2D eigenvalue weighted by Crippen LogP contribution is 1.94. The first kappa shape index (κ1) is 14.1. The van der Waals surface area contributed by atoms with Gasteiger partial charge in [0.05, 0.1) is 26.4 Å². The quantitative estimate of drug-likeness (QED) is 0.463. The zero-order valence-corrected chi connectivity index (χ0v) is 9.67. The van der Waals surface area contributed by atoms with Gasteiger partial charge < -0.3 is 14.8 Å². The van der Waals surface area contributed by atoms with Crippen LogP contribution in [0, 0.1) is 0 Å². The average Bonchev–Trinajstić information content (AvgIpc) is 2.14. The van der Waals surface area contributed by atoms with E-state index in [1.54, 1.807) is 0 Å². The van der Waals surface area contributed by atoms with Gasteiger partial charge in [-0.1, -0.05) is 5.57 Å². The first-order valence-electron chi connectivity index (χ1n) is 5.17. The van der Waals surface area contributed by atoms with Crippen LogP contribution in [0.3, 0.4) is 0 Å². The number of hydrogen-bond donors (Lipinski definition) is 1. The third-order valence-corrected chi connectivity index (χ3v) is 1.67. The number of hydrogen-bond acceptors (Lipinski definition) is 3. The summed E-state index contributed by atoms with van der Waals surface area (Å²) in [7, 11) is 0. The van der Waals surface area contributed by atoms with Crippen molar-refractivity contribution in [2.24, 2.45) is 0 Å². The molecule has 0 atom stereocenters. The average molecular weight is 215 g/mol. The summed E-state index contributed by atoms with van der Waals surface area (Å²) in [4.78, 5) is 10.5. The lowest BCUT2D eigenvalue weighted by atomic mass is 10.3. The fourth-order valence-corrected chi connectivity index (χ4v) is 0.868. The standard InChI is InChI=1S/C11H21NO3/c1-10(2)4-6-14-8-9-15-7-5-12-11(3)13/h1,4-9H2,2-3H3,(H,12,13). The fraction of sp³-hybridized carbons (Fsp3) is 0.727. The zero-order valence-electron chi connectivity index (χ0n) is 9.67. The number of ether oxygens (including phenoxy) is 2. The van der Waals surface area contributed by atoms with Crippen LogP contribution in [0.25, 0.3) is 0 Å². The monoisotopic (exact) mass is 215 g/mol. The number of carbonyl (C=O) groups is 1. The van der Waals surface area contributed by atoms with E-state index in [4.69, 9.17) is 9.47 Å². The van der Waals surface area contributed by atoms with E-state index >= 15 is 0 Å². The van der Waals surface area contributed by atoms with Crippen LogP contribution in [0.5, 0.6) is 0 Å². The lowest BCUT2D eigenvalue weighted by Crippen LogP contribution is -2.24. The van der Waals surface area contributed by atoms with E-state index in [0.717, 1.165) is 12.0 Å². The van der Waals surface area contributed by atoms with Gasteiger partial charge in [0.2, 0.25) is 5.91 Å². The van der Waals surface area contributed by atoms with Gasteiger partial charge in [-0.2, -0.15) is 0 Å². The van der Waals surface area contributed by atoms with Crippen molar-refractivity contribution in [2.75, 3.05) is 33.0 Å². The minimum absolute atomic E-state index is 0.0312. The summed E-state index contributed by atoms with van der Waals surface area (Å²) in [6.07, 6.45) is 0.895. The highest BCUT2D eigenvalue weighted by molar-refractivity contribution is 5.72. The molecule has 88 valence electrons. The molecule has 1 N–H and O–H groups in total. The van der Waals surface area contributed by atoms with Crippen molar-refractivity contribution in [1.29, 1.82) is 0 Å². The second-order valence-electron chi connectivity index (χ2n) is 3.41. The highest BCUT2D eigenvalue weighted by Gasteiger charge is 1.92. The van der Waals surface area contributed by atoms with Crippen LogP contribution in [0.1, 0.15) is 20.3 Å². The largest absolute Gasteiger partial charge is 0.379 e. The van der Waals surface area contributed by atoms with Gasteiger partial charge in [0.15, 0.2) is 0 Å². The Morgan fingerprint density at radius 1 is 1.13 bits per heavy atom. The SMILES string of the molecule is C=C(C)CCOCCOCCNC(C)=O. The summed E-state index contributed by atoms with van der Waals surface area (Å²) in [5.41, 5.74) is 1.13. The summed E-state index contributed by atoms with van der Waals surface area (Å²) >= 11 is 0. The van der Waals surface area contributed by atoms with E-state index < -0.39 is 0 Å². The molecule has 0 bridgehead atoms. The summed E-state index contributed by atoms with van der Waals surface area (Å²) in [6, 6.07) is 0. The topological polar surface area (TPSA) is 47.6 Å². The Bertz CT molecular complexity index is 172. The van der Waals surface area contributed by atoms with Gasteiger partial charge in [-0.25, -0.2) is 0 Å². The molecular weight excluding hydrogens is 194 g/mol. The van der Waals surface area contributed by atoms with Crippen molar-refractivity contribution in [3.05, 3.63) is 12.2 Å². The van der Waals surface area contributed by atoms with E-state index in [-0.39, 0.29) is 5.91 Å². The number of amides is 1. The van der Waals surface area contributed by atoms with Crippen LogP contribution >= 0.6 is 0 Å².